The van der Waals surface area contributed by atoms with Crippen LogP contribution in [0, 0.1) is 12.7 Å². The summed E-state index contributed by atoms with van der Waals surface area (Å²) in [4.78, 5) is 21.5. The third-order valence-corrected chi connectivity index (χ3v) is 4.92. The van der Waals surface area contributed by atoms with Crippen molar-refractivity contribution in [2.75, 3.05) is 5.32 Å². The van der Waals surface area contributed by atoms with Gasteiger partial charge >= 0.3 is 0 Å². The second kappa shape index (κ2) is 7.75. The van der Waals surface area contributed by atoms with Gasteiger partial charge in [0.2, 0.25) is 0 Å². The van der Waals surface area contributed by atoms with Crippen molar-refractivity contribution in [1.29, 1.82) is 0 Å². The molecular weight excluding hydrogens is 359 g/mol. The van der Waals surface area contributed by atoms with Gasteiger partial charge in [-0.3, -0.25) is 9.78 Å². The first kappa shape index (κ1) is 18.1. The fourth-order valence-corrected chi connectivity index (χ4v) is 3.54. The average Bonchev–Trinajstić information content (AvgIpc) is 3.36. The molecule has 1 fully saturated rings. The van der Waals surface area contributed by atoms with Crippen molar-refractivity contribution >= 4 is 11.7 Å². The minimum Gasteiger partial charge on any atom is -0.364 e. The highest BCUT2D eigenvalue weighted by Gasteiger charge is 2.30. The van der Waals surface area contributed by atoms with Gasteiger partial charge in [0.25, 0.3) is 5.91 Å². The van der Waals surface area contributed by atoms with E-state index in [1.165, 1.54) is 10.7 Å². The molecule has 144 valence electrons. The molecule has 1 amide bonds. The van der Waals surface area contributed by atoms with Crippen LogP contribution in [0.25, 0.3) is 5.69 Å². The molecule has 0 spiro atoms. The quantitative estimate of drug-likeness (QED) is 0.711. The SMILES string of the molecule is Cc1cnc(N[C@H]2CCC[C@@H]2NC(=O)c2c(F)cccc2-n2cccn2)cn1. The minimum atomic E-state index is -0.572. The molecule has 2 N–H and O–H groups in total. The van der Waals surface area contributed by atoms with Crippen LogP contribution in [0.15, 0.2) is 49.1 Å². The number of hydrogen-bond acceptors (Lipinski definition) is 5. The molecule has 2 heterocycles. The first-order valence-electron chi connectivity index (χ1n) is 9.26. The molecule has 1 saturated carbocycles. The second-order valence-corrected chi connectivity index (χ2v) is 6.89. The number of amides is 1. The molecule has 8 heteroatoms. The Bertz CT molecular complexity index is 957. The highest BCUT2D eigenvalue weighted by molar-refractivity contribution is 5.98. The Labute approximate surface area is 162 Å². The third-order valence-electron chi connectivity index (χ3n) is 4.92. The zero-order valence-corrected chi connectivity index (χ0v) is 15.5. The molecule has 1 aliphatic carbocycles. The van der Waals surface area contributed by atoms with Crippen LogP contribution in [0.5, 0.6) is 0 Å². The van der Waals surface area contributed by atoms with Crippen LogP contribution in [0.3, 0.4) is 0 Å². The summed E-state index contributed by atoms with van der Waals surface area (Å²) in [6, 6.07) is 6.15. The molecule has 4 rings (SSSR count). The van der Waals surface area contributed by atoms with E-state index in [4.69, 9.17) is 0 Å². The van der Waals surface area contributed by atoms with E-state index < -0.39 is 11.7 Å². The summed E-state index contributed by atoms with van der Waals surface area (Å²) in [5.74, 6) is -0.352. The van der Waals surface area contributed by atoms with Crippen molar-refractivity contribution in [2.45, 2.75) is 38.3 Å². The zero-order valence-electron chi connectivity index (χ0n) is 15.5. The first-order chi connectivity index (χ1) is 13.6. The summed E-state index contributed by atoms with van der Waals surface area (Å²) in [5.41, 5.74) is 1.24. The maximum atomic E-state index is 14.5. The molecule has 0 radical (unpaired) electrons. The molecular formula is C20H21FN6O. The number of benzene rings is 1. The maximum absolute atomic E-state index is 14.5. The number of carbonyl (C=O) groups is 1. The van der Waals surface area contributed by atoms with Gasteiger partial charge in [0.05, 0.1) is 23.8 Å². The van der Waals surface area contributed by atoms with Crippen molar-refractivity contribution in [3.8, 4) is 5.69 Å². The van der Waals surface area contributed by atoms with E-state index in [-0.39, 0.29) is 17.6 Å². The van der Waals surface area contributed by atoms with Crippen LogP contribution < -0.4 is 10.6 Å². The van der Waals surface area contributed by atoms with Crippen molar-refractivity contribution in [3.63, 3.8) is 0 Å². The van der Waals surface area contributed by atoms with E-state index in [0.29, 0.717) is 11.5 Å². The summed E-state index contributed by atoms with van der Waals surface area (Å²) >= 11 is 0. The van der Waals surface area contributed by atoms with E-state index in [0.717, 1.165) is 25.0 Å². The van der Waals surface area contributed by atoms with Gasteiger partial charge in [-0.2, -0.15) is 5.10 Å². The van der Waals surface area contributed by atoms with E-state index in [9.17, 15) is 9.18 Å². The van der Waals surface area contributed by atoms with Crippen LogP contribution in [-0.4, -0.2) is 37.7 Å². The Morgan fingerprint density at radius 1 is 1.18 bits per heavy atom. The predicted molar refractivity (Wildman–Crippen MR) is 103 cm³/mol. The Morgan fingerprint density at radius 2 is 2.04 bits per heavy atom. The van der Waals surface area contributed by atoms with Gasteiger partial charge in [0, 0.05) is 24.5 Å². The Kier molecular flexibility index (Phi) is 5.01. The molecule has 28 heavy (non-hydrogen) atoms. The van der Waals surface area contributed by atoms with Crippen LogP contribution in [0.4, 0.5) is 10.2 Å². The summed E-state index contributed by atoms with van der Waals surface area (Å²) in [6.07, 6.45) is 9.32. The molecule has 1 aliphatic rings. The second-order valence-electron chi connectivity index (χ2n) is 6.89. The highest BCUT2D eigenvalue weighted by Crippen LogP contribution is 2.24. The Morgan fingerprint density at radius 3 is 2.79 bits per heavy atom. The van der Waals surface area contributed by atoms with E-state index >= 15 is 0 Å². The number of nitrogens with one attached hydrogen (secondary N) is 2. The summed E-state index contributed by atoms with van der Waals surface area (Å²) in [7, 11) is 0. The zero-order chi connectivity index (χ0) is 19.5. The van der Waals surface area contributed by atoms with Crippen molar-refractivity contribution in [2.24, 2.45) is 0 Å². The third kappa shape index (κ3) is 3.71. The van der Waals surface area contributed by atoms with Gasteiger partial charge in [0.15, 0.2) is 0 Å². The molecule has 7 nitrogen and oxygen atoms in total. The molecule has 0 aliphatic heterocycles. The standard InChI is InChI=1S/C20H21FN6O/c1-13-11-23-18(12-22-13)25-15-6-3-7-16(15)26-20(28)19-14(21)5-2-8-17(19)27-10-4-9-24-27/h2,4-5,8-12,15-16H,3,6-7H2,1H3,(H,23,25)(H,26,28)/t15-,16-/m0/s1. The number of nitrogens with zero attached hydrogens (tertiary/aromatic N) is 4. The number of halogens is 1. The van der Waals surface area contributed by atoms with Gasteiger partial charge in [0.1, 0.15) is 17.2 Å². The van der Waals surface area contributed by atoms with Gasteiger partial charge in [-0.1, -0.05) is 6.07 Å². The van der Waals surface area contributed by atoms with Crippen molar-refractivity contribution in [3.05, 3.63) is 66.1 Å². The van der Waals surface area contributed by atoms with Gasteiger partial charge in [-0.15, -0.1) is 0 Å². The molecule has 0 saturated heterocycles. The van der Waals surface area contributed by atoms with Crippen LogP contribution in [0.1, 0.15) is 35.3 Å². The fourth-order valence-electron chi connectivity index (χ4n) is 3.54. The summed E-state index contributed by atoms with van der Waals surface area (Å²) in [6.45, 7) is 1.88. The molecule has 2 atom stereocenters. The van der Waals surface area contributed by atoms with E-state index in [2.05, 4.69) is 25.7 Å². The van der Waals surface area contributed by atoms with Crippen LogP contribution >= 0.6 is 0 Å². The van der Waals surface area contributed by atoms with E-state index in [1.807, 2.05) is 6.92 Å². The van der Waals surface area contributed by atoms with Crippen LogP contribution in [-0.2, 0) is 0 Å². The lowest BCUT2D eigenvalue weighted by Crippen LogP contribution is -2.44. The molecule has 0 bridgehead atoms. The monoisotopic (exact) mass is 380 g/mol. The van der Waals surface area contributed by atoms with Crippen LogP contribution in [0.2, 0.25) is 0 Å². The Hall–Kier alpha value is -3.29. The number of anilines is 1. The Balaban J connectivity index is 1.52. The molecule has 0 unspecified atom stereocenters. The predicted octanol–water partition coefficient (Wildman–Crippen LogP) is 2.87. The number of hydrogen-bond donors (Lipinski definition) is 2. The van der Waals surface area contributed by atoms with Gasteiger partial charge in [-0.05, 0) is 44.4 Å². The average molecular weight is 380 g/mol. The van der Waals surface area contributed by atoms with Gasteiger partial charge in [-0.25, -0.2) is 14.1 Å². The summed E-state index contributed by atoms with van der Waals surface area (Å²) < 4.78 is 16.0. The lowest BCUT2D eigenvalue weighted by molar-refractivity contribution is 0.0931. The van der Waals surface area contributed by atoms with Gasteiger partial charge < -0.3 is 10.6 Å². The lowest BCUT2D eigenvalue weighted by atomic mass is 10.1. The molecule has 1 aromatic carbocycles. The van der Waals surface area contributed by atoms with Crippen molar-refractivity contribution in [1.82, 2.24) is 25.1 Å². The van der Waals surface area contributed by atoms with E-state index in [1.54, 1.807) is 43.0 Å². The fraction of sp³-hybridized carbons (Fsp3) is 0.300. The highest BCUT2D eigenvalue weighted by atomic mass is 19.1. The largest absolute Gasteiger partial charge is 0.364 e. The number of carbonyl (C=O) groups excluding carboxylic acids is 1. The lowest BCUT2D eigenvalue weighted by Gasteiger charge is -2.23. The first-order valence-corrected chi connectivity index (χ1v) is 9.26. The summed E-state index contributed by atoms with van der Waals surface area (Å²) in [5, 5.41) is 10.4. The minimum absolute atomic E-state index is 0.00743. The topological polar surface area (TPSA) is 84.7 Å². The number of aromatic nitrogens is 4. The normalized spacial score (nSPS) is 18.8. The maximum Gasteiger partial charge on any atom is 0.256 e. The molecule has 2 aromatic heterocycles. The molecule has 3 aromatic rings. The number of aryl methyl sites for hydroxylation is 1. The van der Waals surface area contributed by atoms with Crippen molar-refractivity contribution < 1.29 is 9.18 Å². The number of rotatable bonds is 5. The smallest absolute Gasteiger partial charge is 0.256 e.